The number of para-hydroxylation sites is 1. The number of aromatic amines is 1. The van der Waals surface area contributed by atoms with Crippen molar-refractivity contribution in [3.05, 3.63) is 47.2 Å². The van der Waals surface area contributed by atoms with Crippen LogP contribution in [0.15, 0.2) is 36.7 Å². The molecule has 1 fully saturated rings. The lowest BCUT2D eigenvalue weighted by atomic mass is 10.2. The lowest BCUT2D eigenvalue weighted by Crippen LogP contribution is -2.46. The summed E-state index contributed by atoms with van der Waals surface area (Å²) in [5.74, 6) is 0. The van der Waals surface area contributed by atoms with E-state index in [9.17, 15) is 0 Å². The highest BCUT2D eigenvalue weighted by Crippen LogP contribution is 2.24. The summed E-state index contributed by atoms with van der Waals surface area (Å²) in [6.07, 6.45) is 3.69. The van der Waals surface area contributed by atoms with Crippen LogP contribution in [0.5, 0.6) is 0 Å². The normalized spacial score (nSPS) is 15.9. The van der Waals surface area contributed by atoms with Crippen LogP contribution >= 0.6 is 11.3 Å². The van der Waals surface area contributed by atoms with Crippen molar-refractivity contribution in [1.82, 2.24) is 14.9 Å². The molecule has 0 atom stereocenters. The highest BCUT2D eigenvalue weighted by molar-refractivity contribution is 7.18. The SMILES string of the molecule is N#Cc1c[nH]cc1N1CCN(Cc2nc3ccccc3s2)CC1. The third kappa shape index (κ3) is 2.81. The number of nitrogens with zero attached hydrogens (tertiary/aromatic N) is 4. The van der Waals surface area contributed by atoms with Crippen LogP contribution < -0.4 is 4.90 Å². The summed E-state index contributed by atoms with van der Waals surface area (Å²) in [7, 11) is 0. The lowest BCUT2D eigenvalue weighted by molar-refractivity contribution is 0.249. The second-order valence-electron chi connectivity index (χ2n) is 5.70. The van der Waals surface area contributed by atoms with Gasteiger partial charge < -0.3 is 9.88 Å². The minimum Gasteiger partial charge on any atom is -0.367 e. The number of nitriles is 1. The van der Waals surface area contributed by atoms with Crippen molar-refractivity contribution < 1.29 is 0 Å². The van der Waals surface area contributed by atoms with Crippen LogP contribution in [0.25, 0.3) is 10.2 Å². The molecule has 0 aliphatic carbocycles. The maximum absolute atomic E-state index is 9.14. The van der Waals surface area contributed by atoms with Gasteiger partial charge in [-0.1, -0.05) is 12.1 Å². The minimum absolute atomic E-state index is 0.727. The quantitative estimate of drug-likeness (QED) is 0.805. The van der Waals surface area contributed by atoms with Gasteiger partial charge >= 0.3 is 0 Å². The first kappa shape index (κ1) is 14.2. The van der Waals surface area contributed by atoms with E-state index in [1.54, 1.807) is 17.5 Å². The average molecular weight is 323 g/mol. The van der Waals surface area contributed by atoms with Crippen LogP contribution in [0, 0.1) is 11.3 Å². The first-order chi connectivity index (χ1) is 11.3. The maximum atomic E-state index is 9.14. The minimum atomic E-state index is 0.727. The van der Waals surface area contributed by atoms with Crippen molar-refractivity contribution >= 4 is 27.2 Å². The number of fused-ring (bicyclic) bond motifs is 1. The predicted octanol–water partition coefficient (Wildman–Crippen LogP) is 2.82. The number of hydrogen-bond donors (Lipinski definition) is 1. The van der Waals surface area contributed by atoms with Crippen LogP contribution in [-0.2, 0) is 6.54 Å². The average Bonchev–Trinajstić information content (AvgIpc) is 3.21. The molecular formula is C17H17N5S. The Morgan fingerprint density at radius 2 is 2.00 bits per heavy atom. The summed E-state index contributed by atoms with van der Waals surface area (Å²) in [5.41, 5.74) is 2.84. The van der Waals surface area contributed by atoms with Gasteiger partial charge in [-0.2, -0.15) is 5.26 Å². The fourth-order valence-electron chi connectivity index (χ4n) is 3.03. The highest BCUT2D eigenvalue weighted by Gasteiger charge is 2.20. The van der Waals surface area contributed by atoms with E-state index in [2.05, 4.69) is 39.1 Å². The van der Waals surface area contributed by atoms with Crippen LogP contribution in [0.3, 0.4) is 0 Å². The standard InChI is InChI=1S/C17H17N5S/c18-9-13-10-19-11-15(13)22-7-5-21(6-8-22)12-17-20-14-3-1-2-4-16(14)23-17/h1-4,10-11,19H,5-8,12H2. The lowest BCUT2D eigenvalue weighted by Gasteiger charge is -2.35. The van der Waals surface area contributed by atoms with E-state index in [1.807, 2.05) is 12.3 Å². The largest absolute Gasteiger partial charge is 0.367 e. The Bertz CT molecular complexity index is 818. The maximum Gasteiger partial charge on any atom is 0.108 e. The van der Waals surface area contributed by atoms with Crippen LogP contribution in [0.1, 0.15) is 10.6 Å². The van der Waals surface area contributed by atoms with Crippen molar-refractivity contribution in [1.29, 1.82) is 5.26 Å². The van der Waals surface area contributed by atoms with Gasteiger partial charge in [0.15, 0.2) is 0 Å². The van der Waals surface area contributed by atoms with Gasteiger partial charge in [-0.05, 0) is 12.1 Å². The van der Waals surface area contributed by atoms with Gasteiger partial charge in [0, 0.05) is 38.6 Å². The van der Waals surface area contributed by atoms with Crippen LogP contribution in [-0.4, -0.2) is 41.0 Å². The molecular weight excluding hydrogens is 306 g/mol. The third-order valence-corrected chi connectivity index (χ3v) is 5.28. The molecule has 0 amide bonds. The number of rotatable bonds is 3. The Labute approximate surface area is 138 Å². The smallest absolute Gasteiger partial charge is 0.108 e. The number of anilines is 1. The zero-order chi connectivity index (χ0) is 15.6. The second-order valence-corrected chi connectivity index (χ2v) is 6.82. The van der Waals surface area contributed by atoms with E-state index in [0.717, 1.165) is 49.5 Å². The summed E-state index contributed by atoms with van der Waals surface area (Å²) < 4.78 is 1.26. The van der Waals surface area contributed by atoms with E-state index in [0.29, 0.717) is 0 Å². The van der Waals surface area contributed by atoms with Gasteiger partial charge in [0.1, 0.15) is 11.1 Å². The van der Waals surface area contributed by atoms with Crippen molar-refractivity contribution in [2.45, 2.75) is 6.54 Å². The molecule has 116 valence electrons. The molecule has 0 radical (unpaired) electrons. The number of H-pyrrole nitrogens is 1. The zero-order valence-electron chi connectivity index (χ0n) is 12.7. The van der Waals surface area contributed by atoms with Gasteiger partial charge in [0.05, 0.1) is 28.0 Å². The van der Waals surface area contributed by atoms with E-state index in [-0.39, 0.29) is 0 Å². The molecule has 5 nitrogen and oxygen atoms in total. The molecule has 0 spiro atoms. The Balaban J connectivity index is 1.41. The molecule has 23 heavy (non-hydrogen) atoms. The summed E-state index contributed by atoms with van der Waals surface area (Å²) in [6, 6.07) is 10.5. The van der Waals surface area contributed by atoms with Crippen molar-refractivity contribution in [3.8, 4) is 6.07 Å². The first-order valence-corrected chi connectivity index (χ1v) is 8.54. The van der Waals surface area contributed by atoms with Gasteiger partial charge in [-0.15, -0.1) is 11.3 Å². The van der Waals surface area contributed by atoms with E-state index >= 15 is 0 Å². The van der Waals surface area contributed by atoms with E-state index < -0.39 is 0 Å². The fourth-order valence-corrected chi connectivity index (χ4v) is 4.04. The number of nitrogens with one attached hydrogen (secondary N) is 1. The molecule has 1 saturated heterocycles. The predicted molar refractivity (Wildman–Crippen MR) is 92.6 cm³/mol. The zero-order valence-corrected chi connectivity index (χ0v) is 13.5. The number of piperazine rings is 1. The third-order valence-electron chi connectivity index (χ3n) is 4.25. The molecule has 0 saturated carbocycles. The van der Waals surface area contributed by atoms with E-state index in [4.69, 9.17) is 10.2 Å². The van der Waals surface area contributed by atoms with Crippen molar-refractivity contribution in [2.75, 3.05) is 31.1 Å². The molecule has 1 aliphatic rings. The van der Waals surface area contributed by atoms with Gasteiger partial charge in [-0.3, -0.25) is 4.90 Å². The monoisotopic (exact) mass is 323 g/mol. The Morgan fingerprint density at radius 3 is 2.78 bits per heavy atom. The van der Waals surface area contributed by atoms with Crippen molar-refractivity contribution in [3.63, 3.8) is 0 Å². The molecule has 3 aromatic rings. The van der Waals surface area contributed by atoms with Gasteiger partial charge in [0.2, 0.25) is 0 Å². The summed E-state index contributed by atoms with van der Waals surface area (Å²) in [6.45, 7) is 4.78. The Hall–Kier alpha value is -2.36. The van der Waals surface area contributed by atoms with Gasteiger partial charge in [0.25, 0.3) is 0 Å². The highest BCUT2D eigenvalue weighted by atomic mass is 32.1. The van der Waals surface area contributed by atoms with Crippen LogP contribution in [0.2, 0.25) is 0 Å². The number of thiazole rings is 1. The molecule has 2 aromatic heterocycles. The molecule has 1 aliphatic heterocycles. The van der Waals surface area contributed by atoms with Crippen LogP contribution in [0.4, 0.5) is 5.69 Å². The number of aromatic nitrogens is 2. The fraction of sp³-hybridized carbons (Fsp3) is 0.294. The molecule has 4 rings (SSSR count). The molecule has 3 heterocycles. The van der Waals surface area contributed by atoms with E-state index in [1.165, 1.54) is 9.71 Å². The number of hydrogen-bond acceptors (Lipinski definition) is 5. The Kier molecular flexibility index (Phi) is 3.74. The Morgan fingerprint density at radius 1 is 1.17 bits per heavy atom. The van der Waals surface area contributed by atoms with Crippen molar-refractivity contribution in [2.24, 2.45) is 0 Å². The topological polar surface area (TPSA) is 59.0 Å². The molecule has 0 bridgehead atoms. The first-order valence-electron chi connectivity index (χ1n) is 7.72. The summed E-state index contributed by atoms with van der Waals surface area (Å²) in [4.78, 5) is 12.5. The second kappa shape index (κ2) is 6.03. The summed E-state index contributed by atoms with van der Waals surface area (Å²) in [5, 5.41) is 10.3. The molecule has 0 unspecified atom stereocenters. The van der Waals surface area contributed by atoms with Gasteiger partial charge in [-0.25, -0.2) is 4.98 Å². The summed E-state index contributed by atoms with van der Waals surface area (Å²) >= 11 is 1.78. The number of benzene rings is 1. The molecule has 6 heteroatoms. The molecule has 1 aromatic carbocycles. The molecule has 1 N–H and O–H groups in total.